The van der Waals surface area contributed by atoms with Crippen molar-refractivity contribution in [1.29, 1.82) is 0 Å². The van der Waals surface area contributed by atoms with Crippen LogP contribution in [0.2, 0.25) is 5.02 Å². The van der Waals surface area contributed by atoms with Crippen LogP contribution in [0.4, 0.5) is 0 Å². The highest BCUT2D eigenvalue weighted by Crippen LogP contribution is 2.34. The Labute approximate surface area is 111 Å². The maximum absolute atomic E-state index is 6.35. The fraction of sp³-hybridized carbons (Fsp3) is 0.385. The summed E-state index contributed by atoms with van der Waals surface area (Å²) in [6.07, 6.45) is 0.225. The lowest BCUT2D eigenvalue weighted by atomic mass is 10.2. The van der Waals surface area contributed by atoms with Crippen LogP contribution in [0, 0.1) is 0 Å². The molecule has 0 spiro atoms. The standard InChI is InChI=1S/C13H16ClNOS/c1-9(16-2)7-15-8-12-13(14)10-5-3-4-6-11(10)17-12/h3-6,9,15H,7-8H2,1-2H3. The Hall–Kier alpha value is -0.610. The smallest absolute Gasteiger partial charge is 0.0667 e. The first-order chi connectivity index (χ1) is 8.22. The van der Waals surface area contributed by atoms with Gasteiger partial charge < -0.3 is 10.1 Å². The van der Waals surface area contributed by atoms with Gasteiger partial charge >= 0.3 is 0 Å². The number of rotatable bonds is 5. The molecule has 1 heterocycles. The summed E-state index contributed by atoms with van der Waals surface area (Å²) < 4.78 is 6.43. The van der Waals surface area contributed by atoms with Gasteiger partial charge in [0.05, 0.1) is 11.1 Å². The van der Waals surface area contributed by atoms with E-state index >= 15 is 0 Å². The zero-order chi connectivity index (χ0) is 12.3. The number of benzene rings is 1. The second-order valence-electron chi connectivity index (χ2n) is 4.01. The second-order valence-corrected chi connectivity index (χ2v) is 5.53. The molecule has 0 amide bonds. The number of halogens is 1. The fourth-order valence-corrected chi connectivity index (χ4v) is 3.12. The van der Waals surface area contributed by atoms with Crippen LogP contribution in [-0.4, -0.2) is 19.8 Å². The largest absolute Gasteiger partial charge is 0.380 e. The number of methoxy groups -OCH3 is 1. The quantitative estimate of drug-likeness (QED) is 0.894. The van der Waals surface area contributed by atoms with Gasteiger partial charge in [0.1, 0.15) is 0 Å². The molecule has 92 valence electrons. The molecule has 2 rings (SSSR count). The van der Waals surface area contributed by atoms with Gasteiger partial charge in [0, 0.05) is 35.2 Å². The zero-order valence-electron chi connectivity index (χ0n) is 10.00. The summed E-state index contributed by atoms with van der Waals surface area (Å²) in [5.74, 6) is 0. The number of nitrogens with one attached hydrogen (secondary N) is 1. The van der Waals surface area contributed by atoms with E-state index in [-0.39, 0.29) is 6.10 Å². The third-order valence-corrected chi connectivity index (χ3v) is 4.44. The van der Waals surface area contributed by atoms with E-state index in [0.717, 1.165) is 23.5 Å². The van der Waals surface area contributed by atoms with Gasteiger partial charge in [0.15, 0.2) is 0 Å². The molecule has 2 nitrogen and oxygen atoms in total. The average molecular weight is 270 g/mol. The first kappa shape index (κ1) is 12.8. The van der Waals surface area contributed by atoms with Crippen molar-refractivity contribution in [3.8, 4) is 0 Å². The van der Waals surface area contributed by atoms with Crippen LogP contribution in [0.15, 0.2) is 24.3 Å². The maximum Gasteiger partial charge on any atom is 0.0667 e. The van der Waals surface area contributed by atoms with Crippen LogP contribution in [0.3, 0.4) is 0 Å². The summed E-state index contributed by atoms with van der Waals surface area (Å²) >= 11 is 8.09. The van der Waals surface area contributed by atoms with Gasteiger partial charge in [-0.05, 0) is 13.0 Å². The number of hydrogen-bond donors (Lipinski definition) is 1. The molecule has 0 aliphatic rings. The molecule has 1 atom stereocenters. The Morgan fingerprint density at radius 1 is 1.41 bits per heavy atom. The molecular formula is C13H16ClNOS. The van der Waals surface area contributed by atoms with E-state index in [9.17, 15) is 0 Å². The average Bonchev–Trinajstić information content (AvgIpc) is 2.67. The third kappa shape index (κ3) is 2.99. The van der Waals surface area contributed by atoms with Gasteiger partial charge in [0.25, 0.3) is 0 Å². The fourth-order valence-electron chi connectivity index (χ4n) is 1.65. The monoisotopic (exact) mass is 269 g/mol. The molecule has 2 aromatic rings. The summed E-state index contributed by atoms with van der Waals surface area (Å²) in [5.41, 5.74) is 0. The minimum atomic E-state index is 0.225. The molecular weight excluding hydrogens is 254 g/mol. The van der Waals surface area contributed by atoms with Crippen molar-refractivity contribution in [3.63, 3.8) is 0 Å². The summed E-state index contributed by atoms with van der Waals surface area (Å²) in [5, 5.41) is 5.38. The molecule has 0 saturated carbocycles. The summed E-state index contributed by atoms with van der Waals surface area (Å²) in [6.45, 7) is 3.67. The van der Waals surface area contributed by atoms with E-state index in [0.29, 0.717) is 0 Å². The van der Waals surface area contributed by atoms with Crippen LogP contribution in [-0.2, 0) is 11.3 Å². The molecule has 4 heteroatoms. The number of hydrogen-bond acceptors (Lipinski definition) is 3. The van der Waals surface area contributed by atoms with Crippen LogP contribution in [0.25, 0.3) is 10.1 Å². The first-order valence-corrected chi connectivity index (χ1v) is 6.81. The van der Waals surface area contributed by atoms with Crippen LogP contribution in [0.5, 0.6) is 0 Å². The Bertz CT molecular complexity index is 497. The van der Waals surface area contributed by atoms with E-state index in [1.165, 1.54) is 9.58 Å². The van der Waals surface area contributed by atoms with Crippen molar-refractivity contribution >= 4 is 33.0 Å². The molecule has 0 aliphatic carbocycles. The molecule has 17 heavy (non-hydrogen) atoms. The number of fused-ring (bicyclic) bond motifs is 1. The lowest BCUT2D eigenvalue weighted by Gasteiger charge is -2.09. The summed E-state index contributed by atoms with van der Waals surface area (Å²) in [4.78, 5) is 1.19. The lowest BCUT2D eigenvalue weighted by molar-refractivity contribution is 0.117. The topological polar surface area (TPSA) is 21.3 Å². The maximum atomic E-state index is 6.35. The van der Waals surface area contributed by atoms with Crippen molar-refractivity contribution in [2.75, 3.05) is 13.7 Å². The highest BCUT2D eigenvalue weighted by Gasteiger charge is 2.09. The van der Waals surface area contributed by atoms with Crippen LogP contribution in [0.1, 0.15) is 11.8 Å². The van der Waals surface area contributed by atoms with Crippen LogP contribution >= 0.6 is 22.9 Å². The Balaban J connectivity index is 2.06. The van der Waals surface area contributed by atoms with Gasteiger partial charge in [0.2, 0.25) is 0 Å². The minimum absolute atomic E-state index is 0.225. The Morgan fingerprint density at radius 3 is 2.88 bits per heavy atom. The van der Waals surface area contributed by atoms with E-state index in [4.69, 9.17) is 16.3 Å². The molecule has 1 aromatic heterocycles. The van der Waals surface area contributed by atoms with Gasteiger partial charge in [-0.15, -0.1) is 11.3 Å². The predicted octanol–water partition coefficient (Wildman–Crippen LogP) is 3.68. The van der Waals surface area contributed by atoms with Gasteiger partial charge in [-0.2, -0.15) is 0 Å². The van der Waals surface area contributed by atoms with E-state index in [1.54, 1.807) is 18.4 Å². The Kier molecular flexibility index (Phi) is 4.40. The van der Waals surface area contributed by atoms with Crippen LogP contribution < -0.4 is 5.32 Å². The van der Waals surface area contributed by atoms with Gasteiger partial charge in [-0.1, -0.05) is 29.8 Å². The molecule has 1 aromatic carbocycles. The van der Waals surface area contributed by atoms with Crippen molar-refractivity contribution in [2.24, 2.45) is 0 Å². The molecule has 0 aliphatic heterocycles. The second kappa shape index (κ2) is 5.83. The highest BCUT2D eigenvalue weighted by atomic mass is 35.5. The molecule has 1 unspecified atom stereocenters. The van der Waals surface area contributed by atoms with Gasteiger partial charge in [-0.3, -0.25) is 0 Å². The number of ether oxygens (including phenoxy) is 1. The highest BCUT2D eigenvalue weighted by molar-refractivity contribution is 7.19. The van der Waals surface area contributed by atoms with E-state index < -0.39 is 0 Å². The van der Waals surface area contributed by atoms with E-state index in [1.807, 2.05) is 19.1 Å². The third-order valence-electron chi connectivity index (χ3n) is 2.72. The summed E-state index contributed by atoms with van der Waals surface area (Å²) in [6, 6.07) is 8.23. The lowest BCUT2D eigenvalue weighted by Crippen LogP contribution is -2.25. The molecule has 0 fully saturated rings. The summed E-state index contributed by atoms with van der Waals surface area (Å²) in [7, 11) is 1.72. The van der Waals surface area contributed by atoms with Gasteiger partial charge in [-0.25, -0.2) is 0 Å². The predicted molar refractivity (Wildman–Crippen MR) is 75.0 cm³/mol. The molecule has 1 N–H and O–H groups in total. The normalized spacial score (nSPS) is 13.1. The van der Waals surface area contributed by atoms with Crippen molar-refractivity contribution in [3.05, 3.63) is 34.2 Å². The molecule has 0 radical (unpaired) electrons. The van der Waals surface area contributed by atoms with Crippen molar-refractivity contribution in [2.45, 2.75) is 19.6 Å². The first-order valence-electron chi connectivity index (χ1n) is 5.61. The minimum Gasteiger partial charge on any atom is -0.380 e. The van der Waals surface area contributed by atoms with E-state index in [2.05, 4.69) is 17.4 Å². The molecule has 0 saturated heterocycles. The van der Waals surface area contributed by atoms with Crippen molar-refractivity contribution in [1.82, 2.24) is 5.32 Å². The Morgan fingerprint density at radius 2 is 2.18 bits per heavy atom. The SMILES string of the molecule is COC(C)CNCc1sc2ccccc2c1Cl. The van der Waals surface area contributed by atoms with Crippen molar-refractivity contribution < 1.29 is 4.74 Å². The molecule has 0 bridgehead atoms. The number of thiophene rings is 1. The zero-order valence-corrected chi connectivity index (χ0v) is 11.6.